The lowest BCUT2D eigenvalue weighted by molar-refractivity contribution is -0.158. The Hall–Kier alpha value is -2.99. The third-order valence-corrected chi connectivity index (χ3v) is 3.90. The molecule has 2 heterocycles. The number of carbonyl (C=O) groups is 1. The average Bonchev–Trinajstić information content (AvgIpc) is 2.65. The van der Waals surface area contributed by atoms with E-state index in [9.17, 15) is 9.59 Å². The molecule has 0 spiro atoms. The van der Waals surface area contributed by atoms with Crippen LogP contribution in [0, 0.1) is 6.92 Å². The van der Waals surface area contributed by atoms with Crippen LogP contribution in [0.15, 0.2) is 59.5 Å². The molecule has 0 unspecified atom stereocenters. The molecular formula is C20H20N2O4. The number of benzene rings is 1. The summed E-state index contributed by atoms with van der Waals surface area (Å²) in [5, 5.41) is 0. The molecule has 134 valence electrons. The van der Waals surface area contributed by atoms with Crippen LogP contribution < -0.4 is 5.56 Å². The SMILES string of the molecule is Cc1ccc2nc(COC(=O)[C@H](C)OCc3ccccc3)cc(=O)n2c1. The molecule has 26 heavy (non-hydrogen) atoms. The summed E-state index contributed by atoms with van der Waals surface area (Å²) in [6, 6.07) is 14.6. The average molecular weight is 352 g/mol. The van der Waals surface area contributed by atoms with Crippen molar-refractivity contribution in [1.82, 2.24) is 9.38 Å². The molecule has 0 aliphatic heterocycles. The van der Waals surface area contributed by atoms with E-state index in [1.165, 1.54) is 10.5 Å². The van der Waals surface area contributed by atoms with Crippen LogP contribution >= 0.6 is 0 Å². The number of pyridine rings is 1. The van der Waals surface area contributed by atoms with E-state index in [1.807, 2.05) is 43.3 Å². The van der Waals surface area contributed by atoms with E-state index in [0.717, 1.165) is 11.1 Å². The van der Waals surface area contributed by atoms with Crippen molar-refractivity contribution in [1.29, 1.82) is 0 Å². The van der Waals surface area contributed by atoms with E-state index >= 15 is 0 Å². The zero-order chi connectivity index (χ0) is 18.5. The van der Waals surface area contributed by atoms with Gasteiger partial charge in [0.2, 0.25) is 0 Å². The Morgan fingerprint density at radius 1 is 1.15 bits per heavy atom. The molecule has 0 bridgehead atoms. The van der Waals surface area contributed by atoms with Gasteiger partial charge >= 0.3 is 5.97 Å². The first-order valence-corrected chi connectivity index (χ1v) is 8.34. The molecule has 6 heteroatoms. The highest BCUT2D eigenvalue weighted by Crippen LogP contribution is 2.07. The highest BCUT2D eigenvalue weighted by atomic mass is 16.6. The Morgan fingerprint density at radius 2 is 1.92 bits per heavy atom. The fourth-order valence-corrected chi connectivity index (χ4v) is 2.46. The number of aromatic nitrogens is 2. The van der Waals surface area contributed by atoms with Gasteiger partial charge in [-0.3, -0.25) is 9.20 Å². The minimum atomic E-state index is -0.709. The molecule has 3 aromatic rings. The van der Waals surface area contributed by atoms with Gasteiger partial charge in [-0.05, 0) is 31.0 Å². The first-order chi connectivity index (χ1) is 12.5. The fraction of sp³-hybridized carbons (Fsp3) is 0.250. The molecule has 2 aromatic heterocycles. The maximum Gasteiger partial charge on any atom is 0.335 e. The van der Waals surface area contributed by atoms with Crippen LogP contribution in [0.1, 0.15) is 23.7 Å². The maximum atomic E-state index is 12.1. The van der Waals surface area contributed by atoms with Crippen LogP contribution in [0.4, 0.5) is 0 Å². The van der Waals surface area contributed by atoms with Crippen LogP contribution in [-0.2, 0) is 27.5 Å². The number of fused-ring (bicyclic) bond motifs is 1. The van der Waals surface area contributed by atoms with Crippen LogP contribution in [0.5, 0.6) is 0 Å². The quantitative estimate of drug-likeness (QED) is 0.638. The molecule has 0 radical (unpaired) electrons. The maximum absolute atomic E-state index is 12.1. The van der Waals surface area contributed by atoms with Crippen LogP contribution in [-0.4, -0.2) is 21.5 Å². The van der Waals surface area contributed by atoms with Gasteiger partial charge in [-0.15, -0.1) is 0 Å². The van der Waals surface area contributed by atoms with E-state index in [2.05, 4.69) is 4.98 Å². The lowest BCUT2D eigenvalue weighted by Gasteiger charge is -2.13. The molecule has 3 rings (SSSR count). The number of aryl methyl sites for hydroxylation is 1. The predicted octanol–water partition coefficient (Wildman–Crippen LogP) is 2.65. The van der Waals surface area contributed by atoms with Crippen molar-refractivity contribution in [3.05, 3.63) is 81.9 Å². The standard InChI is InChI=1S/C20H20N2O4/c1-14-8-9-18-21-17(10-19(23)22(18)11-14)13-26-20(24)15(2)25-12-16-6-4-3-5-7-16/h3-11,15H,12-13H2,1-2H3/t15-/m0/s1. The smallest absolute Gasteiger partial charge is 0.335 e. The van der Waals surface area contributed by atoms with Crippen molar-refractivity contribution in [3.8, 4) is 0 Å². The van der Waals surface area contributed by atoms with Gasteiger partial charge in [-0.1, -0.05) is 36.4 Å². The minimum absolute atomic E-state index is 0.0719. The summed E-state index contributed by atoms with van der Waals surface area (Å²) in [7, 11) is 0. The van der Waals surface area contributed by atoms with Crippen molar-refractivity contribution in [3.63, 3.8) is 0 Å². The van der Waals surface area contributed by atoms with Gasteiger partial charge in [0.25, 0.3) is 5.56 Å². The van der Waals surface area contributed by atoms with E-state index in [1.54, 1.807) is 19.2 Å². The lowest BCUT2D eigenvalue weighted by atomic mass is 10.2. The van der Waals surface area contributed by atoms with Gasteiger partial charge in [0, 0.05) is 12.3 Å². The molecule has 0 N–H and O–H groups in total. The van der Waals surface area contributed by atoms with E-state index in [0.29, 0.717) is 17.9 Å². The highest BCUT2D eigenvalue weighted by molar-refractivity contribution is 5.74. The molecule has 0 amide bonds. The Morgan fingerprint density at radius 3 is 2.69 bits per heavy atom. The Balaban J connectivity index is 1.59. The number of hydrogen-bond acceptors (Lipinski definition) is 5. The predicted molar refractivity (Wildman–Crippen MR) is 96.7 cm³/mol. The second-order valence-corrected chi connectivity index (χ2v) is 6.07. The molecule has 1 atom stereocenters. The zero-order valence-electron chi connectivity index (χ0n) is 14.7. The second kappa shape index (κ2) is 7.93. The first kappa shape index (κ1) is 17.8. The van der Waals surface area contributed by atoms with Crippen molar-refractivity contribution in [2.24, 2.45) is 0 Å². The van der Waals surface area contributed by atoms with Gasteiger partial charge in [0.1, 0.15) is 12.3 Å². The number of carbonyl (C=O) groups excluding carboxylic acids is 1. The molecule has 0 aliphatic rings. The summed E-state index contributed by atoms with van der Waals surface area (Å²) in [5.41, 5.74) is 2.65. The summed E-state index contributed by atoms with van der Waals surface area (Å²) in [5.74, 6) is -0.494. The lowest BCUT2D eigenvalue weighted by Crippen LogP contribution is -2.24. The Bertz CT molecular complexity index is 966. The molecule has 0 fully saturated rings. The molecule has 0 saturated carbocycles. The largest absolute Gasteiger partial charge is 0.457 e. The molecule has 0 aliphatic carbocycles. The number of hydrogen-bond donors (Lipinski definition) is 0. The first-order valence-electron chi connectivity index (χ1n) is 8.34. The highest BCUT2D eigenvalue weighted by Gasteiger charge is 2.16. The van der Waals surface area contributed by atoms with Crippen LogP contribution in [0.25, 0.3) is 5.65 Å². The molecule has 1 aromatic carbocycles. The third kappa shape index (κ3) is 4.34. The summed E-state index contributed by atoms with van der Waals surface area (Å²) < 4.78 is 12.2. The Labute approximate surface area is 151 Å². The summed E-state index contributed by atoms with van der Waals surface area (Å²) in [4.78, 5) is 28.6. The molecule has 0 saturated heterocycles. The van der Waals surface area contributed by atoms with E-state index in [-0.39, 0.29) is 12.2 Å². The summed E-state index contributed by atoms with van der Waals surface area (Å²) in [6.07, 6.45) is 1.01. The molecule has 6 nitrogen and oxygen atoms in total. The number of nitrogens with zero attached hydrogens (tertiary/aromatic N) is 2. The molecular weight excluding hydrogens is 332 g/mol. The van der Waals surface area contributed by atoms with Crippen LogP contribution in [0.3, 0.4) is 0 Å². The number of esters is 1. The van der Waals surface area contributed by atoms with Crippen LogP contribution in [0.2, 0.25) is 0 Å². The van der Waals surface area contributed by atoms with Crippen molar-refractivity contribution in [2.45, 2.75) is 33.2 Å². The van der Waals surface area contributed by atoms with Crippen molar-refractivity contribution >= 4 is 11.6 Å². The van der Waals surface area contributed by atoms with E-state index in [4.69, 9.17) is 9.47 Å². The van der Waals surface area contributed by atoms with E-state index < -0.39 is 12.1 Å². The zero-order valence-corrected chi connectivity index (χ0v) is 14.7. The van der Waals surface area contributed by atoms with Gasteiger partial charge in [-0.25, -0.2) is 9.78 Å². The number of ether oxygens (including phenoxy) is 2. The monoisotopic (exact) mass is 352 g/mol. The van der Waals surface area contributed by atoms with Gasteiger partial charge in [0.05, 0.1) is 12.3 Å². The number of rotatable bonds is 6. The van der Waals surface area contributed by atoms with Gasteiger partial charge in [-0.2, -0.15) is 0 Å². The second-order valence-electron chi connectivity index (χ2n) is 6.07. The van der Waals surface area contributed by atoms with Gasteiger partial charge < -0.3 is 9.47 Å². The van der Waals surface area contributed by atoms with Crippen molar-refractivity contribution < 1.29 is 14.3 Å². The Kier molecular flexibility index (Phi) is 5.43. The fourth-order valence-electron chi connectivity index (χ4n) is 2.46. The summed E-state index contributed by atoms with van der Waals surface area (Å²) in [6.45, 7) is 3.79. The normalized spacial score (nSPS) is 12.1. The van der Waals surface area contributed by atoms with Gasteiger partial charge in [0.15, 0.2) is 6.10 Å². The topological polar surface area (TPSA) is 69.9 Å². The third-order valence-electron chi connectivity index (χ3n) is 3.90. The summed E-state index contributed by atoms with van der Waals surface area (Å²) >= 11 is 0. The van der Waals surface area contributed by atoms with Crippen molar-refractivity contribution in [2.75, 3.05) is 0 Å². The minimum Gasteiger partial charge on any atom is -0.457 e.